The fraction of sp³-hybridized carbons (Fsp3) is 0.600. The highest BCUT2D eigenvalue weighted by Crippen LogP contribution is 2.34. The van der Waals surface area contributed by atoms with Crippen LogP contribution < -0.4 is 5.73 Å². The lowest BCUT2D eigenvalue weighted by atomic mass is 9.94. The van der Waals surface area contributed by atoms with Gasteiger partial charge in [0.1, 0.15) is 17.1 Å². The highest BCUT2D eigenvalue weighted by atomic mass is 19.3. The molecular weight excluding hydrogens is 304 g/mol. The number of alkyl halides is 2. The van der Waals surface area contributed by atoms with Crippen LogP contribution in [0, 0.1) is 0 Å². The summed E-state index contributed by atoms with van der Waals surface area (Å²) in [6.07, 6.45) is 3.40. The molecule has 2 aromatic rings. The topological polar surface area (TPSA) is 90.7 Å². The van der Waals surface area contributed by atoms with Gasteiger partial charge in [-0.1, -0.05) is 18.0 Å². The number of hydrogen-bond acceptors (Lipinski definition) is 6. The van der Waals surface area contributed by atoms with Crippen LogP contribution in [0.1, 0.15) is 57.2 Å². The van der Waals surface area contributed by atoms with Gasteiger partial charge in [-0.2, -0.15) is 4.98 Å². The fourth-order valence-electron chi connectivity index (χ4n) is 2.65. The molecule has 124 valence electrons. The standard InChI is InChI=1S/C15H19F2N5O/c1-15(2,13(16)17)14-21-12(22-23-14)9-7-19-11(20-10(9)18)8-5-3-4-6-8/h7-8,13H,3-6H2,1-2H3,(H2,18,19,20). The molecule has 0 atom stereocenters. The minimum atomic E-state index is -2.62. The van der Waals surface area contributed by atoms with E-state index < -0.39 is 11.8 Å². The normalized spacial score (nSPS) is 16.4. The first-order valence-electron chi connectivity index (χ1n) is 7.64. The number of halogens is 2. The van der Waals surface area contributed by atoms with Crippen LogP contribution in [0.5, 0.6) is 0 Å². The van der Waals surface area contributed by atoms with Crippen LogP contribution >= 0.6 is 0 Å². The SMILES string of the molecule is CC(C)(c1nc(-c2cnc(C3CCCC3)nc2N)no1)C(F)F. The Balaban J connectivity index is 1.89. The van der Waals surface area contributed by atoms with Gasteiger partial charge in [0.05, 0.1) is 5.56 Å². The lowest BCUT2D eigenvalue weighted by Gasteiger charge is -2.17. The van der Waals surface area contributed by atoms with E-state index in [0.29, 0.717) is 11.5 Å². The molecule has 0 aliphatic heterocycles. The molecule has 1 aliphatic rings. The maximum absolute atomic E-state index is 13.0. The maximum atomic E-state index is 13.0. The zero-order valence-electron chi connectivity index (χ0n) is 13.1. The summed E-state index contributed by atoms with van der Waals surface area (Å²) in [7, 11) is 0. The van der Waals surface area contributed by atoms with Crippen molar-refractivity contribution in [1.29, 1.82) is 0 Å². The van der Waals surface area contributed by atoms with Crippen LogP contribution in [-0.4, -0.2) is 26.5 Å². The summed E-state index contributed by atoms with van der Waals surface area (Å²) in [5.74, 6) is 1.29. The van der Waals surface area contributed by atoms with E-state index in [0.717, 1.165) is 18.7 Å². The first kappa shape index (κ1) is 15.8. The minimum absolute atomic E-state index is 0.129. The third-order valence-electron chi connectivity index (χ3n) is 4.32. The molecule has 0 unspecified atom stereocenters. The molecule has 2 heterocycles. The molecule has 8 heteroatoms. The predicted molar refractivity (Wildman–Crippen MR) is 80.0 cm³/mol. The average Bonchev–Trinajstić information content (AvgIpc) is 3.19. The Hall–Kier alpha value is -2.12. The molecular formula is C15H19F2N5O. The number of rotatable bonds is 4. The molecule has 1 fully saturated rings. The van der Waals surface area contributed by atoms with E-state index in [4.69, 9.17) is 10.3 Å². The van der Waals surface area contributed by atoms with Crippen LogP contribution in [0.3, 0.4) is 0 Å². The predicted octanol–water partition coefficient (Wildman–Crippen LogP) is 3.31. The highest BCUT2D eigenvalue weighted by Gasteiger charge is 2.37. The minimum Gasteiger partial charge on any atom is -0.383 e. The molecule has 1 saturated carbocycles. The average molecular weight is 323 g/mol. The Labute approximate surface area is 132 Å². The quantitative estimate of drug-likeness (QED) is 0.928. The Morgan fingerprint density at radius 2 is 1.96 bits per heavy atom. The van der Waals surface area contributed by atoms with Gasteiger partial charge in [-0.3, -0.25) is 0 Å². The van der Waals surface area contributed by atoms with Crippen LogP contribution in [0.25, 0.3) is 11.4 Å². The van der Waals surface area contributed by atoms with Crippen LogP contribution in [0.15, 0.2) is 10.7 Å². The van der Waals surface area contributed by atoms with Crippen molar-refractivity contribution in [2.45, 2.75) is 57.3 Å². The molecule has 6 nitrogen and oxygen atoms in total. The number of nitrogen functional groups attached to an aromatic ring is 1. The first-order valence-corrected chi connectivity index (χ1v) is 7.64. The second-order valence-electron chi connectivity index (χ2n) is 6.45. The van der Waals surface area contributed by atoms with Crippen LogP contribution in [0.4, 0.5) is 14.6 Å². The van der Waals surface area contributed by atoms with Gasteiger partial charge in [0, 0.05) is 12.1 Å². The van der Waals surface area contributed by atoms with E-state index in [-0.39, 0.29) is 17.5 Å². The number of nitrogens with two attached hydrogens (primary N) is 1. The molecule has 2 aromatic heterocycles. The first-order chi connectivity index (χ1) is 10.9. The summed E-state index contributed by atoms with van der Waals surface area (Å²) in [6.45, 7) is 2.69. The van der Waals surface area contributed by atoms with Crippen molar-refractivity contribution in [2.24, 2.45) is 0 Å². The van der Waals surface area contributed by atoms with Crippen LogP contribution in [0.2, 0.25) is 0 Å². The van der Waals surface area contributed by atoms with Gasteiger partial charge < -0.3 is 10.3 Å². The number of anilines is 1. The van der Waals surface area contributed by atoms with Crippen molar-refractivity contribution in [3.8, 4) is 11.4 Å². The smallest absolute Gasteiger partial charge is 0.252 e. The Kier molecular flexibility index (Phi) is 3.99. The summed E-state index contributed by atoms with van der Waals surface area (Å²) in [6, 6.07) is 0. The number of nitrogens with zero attached hydrogens (tertiary/aromatic N) is 4. The maximum Gasteiger partial charge on any atom is 0.252 e. The van der Waals surface area contributed by atoms with Gasteiger partial charge in [0.15, 0.2) is 0 Å². The Morgan fingerprint density at radius 1 is 1.26 bits per heavy atom. The van der Waals surface area contributed by atoms with E-state index in [2.05, 4.69) is 20.1 Å². The Morgan fingerprint density at radius 3 is 2.57 bits per heavy atom. The number of hydrogen-bond donors (Lipinski definition) is 1. The summed E-state index contributed by atoms with van der Waals surface area (Å²) in [5.41, 5.74) is 4.85. The number of aromatic nitrogens is 4. The molecule has 0 bridgehead atoms. The molecule has 0 amide bonds. The summed E-state index contributed by atoms with van der Waals surface area (Å²) in [4.78, 5) is 12.7. The van der Waals surface area contributed by atoms with Crippen molar-refractivity contribution in [3.63, 3.8) is 0 Å². The monoisotopic (exact) mass is 323 g/mol. The molecule has 3 rings (SSSR count). The van der Waals surface area contributed by atoms with Gasteiger partial charge in [0.25, 0.3) is 6.43 Å². The van der Waals surface area contributed by atoms with Crippen molar-refractivity contribution in [2.75, 3.05) is 5.73 Å². The highest BCUT2D eigenvalue weighted by molar-refractivity contribution is 5.66. The van der Waals surface area contributed by atoms with Gasteiger partial charge >= 0.3 is 0 Å². The van der Waals surface area contributed by atoms with E-state index in [1.165, 1.54) is 26.7 Å². The molecule has 2 N–H and O–H groups in total. The lowest BCUT2D eigenvalue weighted by Crippen LogP contribution is -2.27. The van der Waals surface area contributed by atoms with Crippen molar-refractivity contribution >= 4 is 5.82 Å². The third kappa shape index (κ3) is 2.89. The molecule has 0 radical (unpaired) electrons. The molecule has 0 saturated heterocycles. The summed E-state index contributed by atoms with van der Waals surface area (Å²) in [5, 5.41) is 3.74. The zero-order chi connectivity index (χ0) is 16.6. The Bertz CT molecular complexity index is 695. The van der Waals surface area contributed by atoms with Crippen molar-refractivity contribution in [1.82, 2.24) is 20.1 Å². The summed E-state index contributed by atoms with van der Waals surface area (Å²) >= 11 is 0. The van der Waals surface area contributed by atoms with Gasteiger partial charge in [-0.25, -0.2) is 18.7 Å². The second kappa shape index (κ2) is 5.82. The molecule has 0 spiro atoms. The third-order valence-corrected chi connectivity index (χ3v) is 4.32. The van der Waals surface area contributed by atoms with E-state index in [9.17, 15) is 8.78 Å². The van der Waals surface area contributed by atoms with Crippen LogP contribution in [-0.2, 0) is 5.41 Å². The summed E-state index contributed by atoms with van der Waals surface area (Å²) < 4.78 is 31.1. The fourth-order valence-corrected chi connectivity index (χ4v) is 2.65. The molecule has 0 aromatic carbocycles. The van der Waals surface area contributed by atoms with Gasteiger partial charge in [0.2, 0.25) is 11.7 Å². The van der Waals surface area contributed by atoms with E-state index in [1.54, 1.807) is 6.20 Å². The van der Waals surface area contributed by atoms with E-state index >= 15 is 0 Å². The lowest BCUT2D eigenvalue weighted by molar-refractivity contribution is 0.0505. The van der Waals surface area contributed by atoms with Gasteiger partial charge in [-0.05, 0) is 26.7 Å². The van der Waals surface area contributed by atoms with Crippen molar-refractivity contribution in [3.05, 3.63) is 17.9 Å². The second-order valence-corrected chi connectivity index (χ2v) is 6.45. The zero-order valence-corrected chi connectivity index (χ0v) is 13.1. The molecule has 23 heavy (non-hydrogen) atoms. The van der Waals surface area contributed by atoms with E-state index in [1.807, 2.05) is 0 Å². The molecule has 1 aliphatic carbocycles. The van der Waals surface area contributed by atoms with Crippen molar-refractivity contribution < 1.29 is 13.3 Å². The van der Waals surface area contributed by atoms with Gasteiger partial charge in [-0.15, -0.1) is 0 Å². The largest absolute Gasteiger partial charge is 0.383 e.